The Balaban J connectivity index is 1.31. The van der Waals surface area contributed by atoms with E-state index < -0.39 is 222 Å². The summed E-state index contributed by atoms with van der Waals surface area (Å²) in [6.07, 6.45) is -40.8. The first-order chi connectivity index (χ1) is 45.7. The molecule has 7 aliphatic rings. The summed E-state index contributed by atoms with van der Waals surface area (Å²) < 4.78 is 427. The standard InChI is InChI=1S/C45H78O46S10/c1-21(2)7-6-8-22(3)26-11-12-27-25-10-9-23-17-24(13-15-44(23,4)28(25)14-16-45(26,27)5)79-41-38(89-99(67,68)69)35(86-96(58,59)60)32(29(80-41)18-76-92(46,47)48)83-42-39(90-100(70,71)72)36(87-97(61,62)63)33(30(81-42)19-77-93(49,50)51)84-43-40(91-101(73,74)75)37(88-98(64,65)66)34(85-95(55,56)57)31(82-43)20-78-94(52,53)54/h21-43H,6-20H2,1-5H3,(H,46,47,48)(H,49,50,51)(H,52,53,54)(H,55,56,57)(H,58,59,60)(H,61,62,63)(H,64,65,66)(H,67,68,69)(H,70,71,72)(H,73,74,75)/t22-,23?,24?,25+,26-,27+,28+,29-,30-,31-,32?,33?,34-,35+,36+,37+,38-,39-,40-,41?,42?,43?,44+,45-/m1/s1. The largest absolute Gasteiger partial charge is 0.397 e. The third kappa shape index (κ3) is 25.0. The average Bonchev–Trinajstić information content (AvgIpc) is 1.69. The van der Waals surface area contributed by atoms with Crippen LogP contribution >= 0.6 is 0 Å². The lowest BCUT2D eigenvalue weighted by molar-refractivity contribution is -0.371. The highest BCUT2D eigenvalue weighted by Crippen LogP contribution is 2.69. The highest BCUT2D eigenvalue weighted by molar-refractivity contribution is 7.83. The predicted octanol–water partition coefficient (Wildman–Crippen LogP) is -0.788. The normalized spacial score (nSPS) is 37.8. The van der Waals surface area contributed by atoms with Gasteiger partial charge < -0.3 is 28.4 Å². The molecule has 594 valence electrons. The van der Waals surface area contributed by atoms with Crippen molar-refractivity contribution in [3.05, 3.63) is 0 Å². The van der Waals surface area contributed by atoms with Crippen LogP contribution in [0, 0.1) is 52.3 Å². The van der Waals surface area contributed by atoms with E-state index >= 15 is 0 Å². The molecule has 3 heterocycles. The van der Waals surface area contributed by atoms with Gasteiger partial charge in [0.05, 0.1) is 25.9 Å². The molecule has 46 nitrogen and oxygen atoms in total. The van der Waals surface area contributed by atoms with Gasteiger partial charge in [-0.1, -0.05) is 53.9 Å². The minimum Gasteiger partial charge on any atom is -0.347 e. The van der Waals surface area contributed by atoms with E-state index in [2.05, 4.69) is 68.1 Å². The van der Waals surface area contributed by atoms with Crippen LogP contribution in [0.15, 0.2) is 0 Å². The molecule has 3 saturated heterocycles. The van der Waals surface area contributed by atoms with Crippen molar-refractivity contribution in [2.75, 3.05) is 19.8 Å². The first-order valence-corrected chi connectivity index (χ1v) is 43.7. The van der Waals surface area contributed by atoms with Crippen LogP contribution < -0.4 is 0 Å². The third-order valence-electron chi connectivity index (χ3n) is 19.3. The lowest BCUT2D eigenvalue weighted by Crippen LogP contribution is -2.69. The van der Waals surface area contributed by atoms with Gasteiger partial charge in [0.15, 0.2) is 37.2 Å². The molecule has 0 radical (unpaired) electrons. The van der Waals surface area contributed by atoms with E-state index in [4.69, 9.17) is 36.8 Å². The highest BCUT2D eigenvalue weighted by Gasteiger charge is 2.64. The lowest BCUT2D eigenvalue weighted by atomic mass is 9.44. The molecule has 10 N–H and O–H groups in total. The van der Waals surface area contributed by atoms with Gasteiger partial charge in [-0.05, 0) is 110 Å². The van der Waals surface area contributed by atoms with Crippen molar-refractivity contribution in [1.82, 2.24) is 0 Å². The Kier molecular flexibility index (Phi) is 27.6. The van der Waals surface area contributed by atoms with Crippen LogP contribution in [0.3, 0.4) is 0 Å². The van der Waals surface area contributed by atoms with Crippen LogP contribution in [0.2, 0.25) is 0 Å². The van der Waals surface area contributed by atoms with Crippen LogP contribution in [0.4, 0.5) is 0 Å². The van der Waals surface area contributed by atoms with Crippen LogP contribution in [0.5, 0.6) is 0 Å². The third-order valence-corrected chi connectivity index (χ3v) is 23.8. The van der Waals surface area contributed by atoms with E-state index in [0.29, 0.717) is 42.4 Å². The van der Waals surface area contributed by atoms with Crippen LogP contribution in [0.1, 0.15) is 112 Å². The minimum atomic E-state index is -6.54. The van der Waals surface area contributed by atoms with Gasteiger partial charge in [0, 0.05) is 0 Å². The molecule has 7 fully saturated rings. The zero-order valence-corrected chi connectivity index (χ0v) is 61.3. The fourth-order valence-corrected chi connectivity index (χ4v) is 20.1. The Morgan fingerprint density at radius 3 is 1.08 bits per heavy atom. The van der Waals surface area contributed by atoms with Crippen molar-refractivity contribution in [3.8, 4) is 0 Å². The molecule has 0 spiro atoms. The quantitative estimate of drug-likeness (QED) is 0.0279. The molecule has 0 aromatic heterocycles. The molecule has 7 unspecified atom stereocenters. The molecule has 24 atom stereocenters. The van der Waals surface area contributed by atoms with Gasteiger partial charge in [-0.25, -0.2) is 41.8 Å². The Morgan fingerprint density at radius 2 is 0.703 bits per heavy atom. The molecule has 7 rings (SSSR count). The first-order valence-electron chi connectivity index (χ1n) is 30.1. The SMILES string of the molecule is CC(C)CCC[C@@H](C)[C@H]1CC[C@H]2[C@@H]3CCC4CC(OC5O[C@H](COS(=O)(=O)O)C(OC6O[C@H](COS(=O)(=O)O)C(OC7O[C@H](COS(=O)(=O)O)[C@@H](OS(=O)(=O)O)[C@H](OS(=O)(=O)O)[C@H]7OS(=O)(=O)O)[C@H](OS(=O)(=O)O)[C@H]6OS(=O)(=O)O)[C@H](OS(=O)(=O)O)[C@H]5OS(=O)(=O)O)CC[C@]4(C)[C@H]3CC[C@]12C. The Bertz CT molecular complexity index is 4090. The lowest BCUT2D eigenvalue weighted by Gasteiger charge is -2.61. The summed E-state index contributed by atoms with van der Waals surface area (Å²) in [5, 5.41) is 0. The van der Waals surface area contributed by atoms with E-state index in [0.717, 1.165) is 51.4 Å². The zero-order chi connectivity index (χ0) is 76.2. The summed E-state index contributed by atoms with van der Waals surface area (Å²) in [5.41, 5.74) is -0.277. The van der Waals surface area contributed by atoms with Crippen molar-refractivity contribution in [3.63, 3.8) is 0 Å². The average molecular weight is 1680 g/mol. The molecule has 0 aromatic rings. The number of hydrogen-bond acceptors (Lipinski definition) is 36. The first kappa shape index (κ1) is 86.7. The van der Waals surface area contributed by atoms with Crippen molar-refractivity contribution in [2.45, 2.75) is 210 Å². The van der Waals surface area contributed by atoms with Gasteiger partial charge in [0.1, 0.15) is 54.9 Å². The number of ether oxygens (including phenoxy) is 6. The Labute approximate surface area is 582 Å². The Morgan fingerprint density at radius 1 is 0.366 bits per heavy atom. The molecular weight excluding hydrogens is 1600 g/mol. The second kappa shape index (κ2) is 32.2. The van der Waals surface area contributed by atoms with Crippen LogP contribution in [0.25, 0.3) is 0 Å². The van der Waals surface area contributed by atoms with Crippen molar-refractivity contribution in [1.29, 1.82) is 0 Å². The van der Waals surface area contributed by atoms with E-state index in [1.807, 2.05) is 0 Å². The topological polar surface area (TPSA) is 691 Å². The number of fused-ring (bicyclic) bond motifs is 5. The fourth-order valence-electron chi connectivity index (χ4n) is 15.8. The van der Waals surface area contributed by atoms with Gasteiger partial charge >= 0.3 is 104 Å². The van der Waals surface area contributed by atoms with E-state index in [1.54, 1.807) is 0 Å². The summed E-state index contributed by atoms with van der Waals surface area (Å²) in [6, 6.07) is 0. The number of hydrogen-bond donors (Lipinski definition) is 10. The minimum absolute atomic E-state index is 0.0819. The summed E-state index contributed by atoms with van der Waals surface area (Å²) in [4.78, 5) is 0. The summed E-state index contributed by atoms with van der Waals surface area (Å²) in [7, 11) is -62.2. The maximum Gasteiger partial charge on any atom is 0.397 e. The van der Waals surface area contributed by atoms with Crippen molar-refractivity contribution < 1.29 is 200 Å². The maximum atomic E-state index is 13.0. The fraction of sp³-hybridized carbons (Fsp3) is 1.00. The van der Waals surface area contributed by atoms with Crippen molar-refractivity contribution in [2.24, 2.45) is 52.3 Å². The van der Waals surface area contributed by atoms with Gasteiger partial charge in [-0.2, -0.15) is 84.2 Å². The predicted molar refractivity (Wildman–Crippen MR) is 321 cm³/mol. The van der Waals surface area contributed by atoms with Crippen molar-refractivity contribution >= 4 is 104 Å². The maximum absolute atomic E-state index is 13.0. The van der Waals surface area contributed by atoms with E-state index in [1.165, 1.54) is 0 Å². The van der Waals surface area contributed by atoms with E-state index in [-0.39, 0.29) is 35.5 Å². The summed E-state index contributed by atoms with van der Waals surface area (Å²) in [5.74, 6) is 2.35. The van der Waals surface area contributed by atoms with Gasteiger partial charge in [-0.15, -0.1) is 0 Å². The zero-order valence-electron chi connectivity index (χ0n) is 53.1. The van der Waals surface area contributed by atoms with Gasteiger partial charge in [0.25, 0.3) is 0 Å². The molecule has 4 aliphatic carbocycles. The summed E-state index contributed by atoms with van der Waals surface area (Å²) in [6.45, 7) is 5.20. The Hall–Kier alpha value is -1.54. The molecule has 101 heavy (non-hydrogen) atoms. The van der Waals surface area contributed by atoms with Gasteiger partial charge in [-0.3, -0.25) is 45.5 Å². The summed E-state index contributed by atoms with van der Waals surface area (Å²) >= 11 is 0. The molecular formula is C45H78O46S10. The number of rotatable bonds is 34. The molecule has 0 bridgehead atoms. The van der Waals surface area contributed by atoms with Crippen LogP contribution in [-0.2, 0) is 174 Å². The van der Waals surface area contributed by atoms with Gasteiger partial charge in [0.2, 0.25) is 0 Å². The monoisotopic (exact) mass is 1670 g/mol. The second-order valence-electron chi connectivity index (χ2n) is 26.1. The molecule has 56 heteroatoms. The molecule has 0 amide bonds. The van der Waals surface area contributed by atoms with Crippen LogP contribution in [-0.4, -0.2) is 248 Å². The molecule has 0 aromatic carbocycles. The molecule has 3 aliphatic heterocycles. The second-order valence-corrected chi connectivity index (χ2v) is 36.7. The highest BCUT2D eigenvalue weighted by atomic mass is 32.3. The smallest absolute Gasteiger partial charge is 0.347 e. The molecule has 4 saturated carbocycles. The van der Waals surface area contributed by atoms with E-state index in [9.17, 15) is 130 Å².